The number of aliphatic carboxylic acids is 1. The third-order valence-electron chi connectivity index (χ3n) is 2.47. The van der Waals surface area contributed by atoms with Crippen LogP contribution in [-0.2, 0) is 4.79 Å². The van der Waals surface area contributed by atoms with E-state index in [-0.39, 0.29) is 0 Å². The monoisotopic (exact) mass is 258 g/mol. The van der Waals surface area contributed by atoms with E-state index in [4.69, 9.17) is 0 Å². The number of aromatic nitrogens is 3. The molecule has 6 nitrogen and oxygen atoms in total. The maximum atomic E-state index is 11.2. The third-order valence-corrected chi connectivity index (χ3v) is 3.35. The van der Waals surface area contributed by atoms with E-state index in [1.807, 2.05) is 6.92 Å². The van der Waals surface area contributed by atoms with Crippen LogP contribution in [0, 0.1) is 0 Å². The highest BCUT2D eigenvalue weighted by molar-refractivity contribution is 7.99. The van der Waals surface area contributed by atoms with Crippen molar-refractivity contribution in [1.29, 1.82) is 0 Å². The highest BCUT2D eigenvalue weighted by atomic mass is 32.2. The molecule has 0 radical (unpaired) electrons. The number of thioether (sulfide) groups is 1. The van der Waals surface area contributed by atoms with Crippen molar-refractivity contribution >= 4 is 17.7 Å². The van der Waals surface area contributed by atoms with Gasteiger partial charge in [-0.15, -0.1) is 0 Å². The molecular formula is C10H18N4O2S. The van der Waals surface area contributed by atoms with Crippen molar-refractivity contribution in [2.45, 2.75) is 37.4 Å². The number of carboxylic acid groups (broad SMARTS) is 1. The molecule has 17 heavy (non-hydrogen) atoms. The molecule has 96 valence electrons. The maximum absolute atomic E-state index is 11.2. The minimum Gasteiger partial charge on any atom is -0.480 e. The number of nitrogens with zero attached hydrogens (tertiary/aromatic N) is 2. The Kier molecular flexibility index (Phi) is 5.43. The number of rotatable bonds is 8. The van der Waals surface area contributed by atoms with E-state index in [9.17, 15) is 9.90 Å². The van der Waals surface area contributed by atoms with Crippen LogP contribution in [0.1, 0.15) is 26.7 Å². The normalized spacial score (nSPS) is 14.5. The van der Waals surface area contributed by atoms with Crippen molar-refractivity contribution in [2.24, 2.45) is 0 Å². The topological polar surface area (TPSA) is 90.9 Å². The fourth-order valence-electron chi connectivity index (χ4n) is 1.29. The Morgan fingerprint density at radius 2 is 2.47 bits per heavy atom. The van der Waals surface area contributed by atoms with Crippen molar-refractivity contribution < 1.29 is 9.90 Å². The van der Waals surface area contributed by atoms with Crippen LogP contribution in [0.25, 0.3) is 0 Å². The van der Waals surface area contributed by atoms with Gasteiger partial charge in [-0.25, -0.2) is 4.98 Å². The van der Waals surface area contributed by atoms with Gasteiger partial charge in [-0.05, 0) is 26.3 Å². The van der Waals surface area contributed by atoms with Crippen molar-refractivity contribution in [1.82, 2.24) is 20.5 Å². The summed E-state index contributed by atoms with van der Waals surface area (Å²) in [6.07, 6.45) is 2.89. The van der Waals surface area contributed by atoms with E-state index in [2.05, 4.69) is 20.5 Å². The Morgan fingerprint density at radius 1 is 1.71 bits per heavy atom. The molecule has 0 aliphatic heterocycles. The Hall–Kier alpha value is -1.08. The van der Waals surface area contributed by atoms with Gasteiger partial charge in [0.15, 0.2) is 5.16 Å². The molecule has 0 spiro atoms. The molecule has 0 aromatic carbocycles. The second kappa shape index (κ2) is 6.61. The summed E-state index contributed by atoms with van der Waals surface area (Å²) >= 11 is 1.47. The van der Waals surface area contributed by atoms with Gasteiger partial charge in [0.05, 0.1) is 0 Å². The molecule has 0 aliphatic carbocycles. The van der Waals surface area contributed by atoms with Crippen molar-refractivity contribution in [3.63, 3.8) is 0 Å². The largest absolute Gasteiger partial charge is 0.480 e. The van der Waals surface area contributed by atoms with Crippen LogP contribution in [0.2, 0.25) is 0 Å². The highest BCUT2D eigenvalue weighted by Gasteiger charge is 2.31. The molecule has 0 saturated carbocycles. The fraction of sp³-hybridized carbons (Fsp3) is 0.700. The van der Waals surface area contributed by atoms with E-state index in [1.54, 1.807) is 6.92 Å². The van der Waals surface area contributed by atoms with Crippen LogP contribution < -0.4 is 5.32 Å². The third kappa shape index (κ3) is 4.35. The van der Waals surface area contributed by atoms with Crippen LogP contribution >= 0.6 is 11.8 Å². The first-order chi connectivity index (χ1) is 8.08. The van der Waals surface area contributed by atoms with E-state index >= 15 is 0 Å². The predicted molar refractivity (Wildman–Crippen MR) is 66.1 cm³/mol. The number of carboxylic acids is 1. The molecule has 1 unspecified atom stereocenters. The summed E-state index contributed by atoms with van der Waals surface area (Å²) in [5.41, 5.74) is -0.872. The number of nitrogens with one attached hydrogen (secondary N) is 2. The second-order valence-electron chi connectivity index (χ2n) is 3.95. The summed E-state index contributed by atoms with van der Waals surface area (Å²) in [5.74, 6) is -0.140. The molecule has 0 fully saturated rings. The number of H-pyrrole nitrogens is 1. The molecule has 1 aromatic rings. The molecule has 1 rings (SSSR count). The van der Waals surface area contributed by atoms with Gasteiger partial charge in [0, 0.05) is 5.75 Å². The van der Waals surface area contributed by atoms with Crippen molar-refractivity contribution in [3.05, 3.63) is 6.33 Å². The number of hydrogen-bond acceptors (Lipinski definition) is 5. The van der Waals surface area contributed by atoms with Gasteiger partial charge in [-0.1, -0.05) is 18.7 Å². The van der Waals surface area contributed by atoms with Gasteiger partial charge in [-0.3, -0.25) is 9.89 Å². The smallest absolute Gasteiger partial charge is 0.323 e. The molecule has 0 saturated heterocycles. The van der Waals surface area contributed by atoms with Crippen molar-refractivity contribution in [2.75, 3.05) is 12.3 Å². The Morgan fingerprint density at radius 3 is 3.00 bits per heavy atom. The summed E-state index contributed by atoms with van der Waals surface area (Å²) in [6.45, 7) is 4.43. The van der Waals surface area contributed by atoms with E-state index < -0.39 is 11.5 Å². The lowest BCUT2D eigenvalue weighted by atomic mass is 9.99. The molecule has 7 heteroatoms. The zero-order valence-electron chi connectivity index (χ0n) is 10.1. The Balaban J connectivity index is 2.41. The minimum atomic E-state index is -0.872. The number of aromatic amines is 1. The first kappa shape index (κ1) is 14.0. The van der Waals surface area contributed by atoms with Crippen molar-refractivity contribution in [3.8, 4) is 0 Å². The SMILES string of the molecule is CCCNC(C)(CCSc1ncn[nH]1)C(=O)O. The Bertz CT molecular complexity index is 344. The molecule has 1 atom stereocenters. The van der Waals surface area contributed by atoms with Gasteiger partial charge in [-0.2, -0.15) is 5.10 Å². The summed E-state index contributed by atoms with van der Waals surface area (Å²) in [7, 11) is 0. The van der Waals surface area contributed by atoms with E-state index in [0.29, 0.717) is 23.9 Å². The standard InChI is InChI=1S/C10H18N4O2S/c1-3-5-12-10(2,8(15)16)4-6-17-9-11-7-13-14-9/h7,12H,3-6H2,1-2H3,(H,15,16)(H,11,13,14). The van der Waals surface area contributed by atoms with Crippen LogP contribution in [0.3, 0.4) is 0 Å². The fourth-order valence-corrected chi connectivity index (χ4v) is 2.23. The Labute approximate surface area is 105 Å². The zero-order valence-corrected chi connectivity index (χ0v) is 10.9. The van der Waals surface area contributed by atoms with Crippen LogP contribution in [0.5, 0.6) is 0 Å². The van der Waals surface area contributed by atoms with Crippen LogP contribution in [0.15, 0.2) is 11.5 Å². The maximum Gasteiger partial charge on any atom is 0.323 e. The van der Waals surface area contributed by atoms with E-state index in [0.717, 1.165) is 6.42 Å². The average Bonchev–Trinajstić information content (AvgIpc) is 2.79. The van der Waals surface area contributed by atoms with Gasteiger partial charge < -0.3 is 10.4 Å². The summed E-state index contributed by atoms with van der Waals surface area (Å²) in [6, 6.07) is 0. The van der Waals surface area contributed by atoms with Gasteiger partial charge in [0.25, 0.3) is 0 Å². The molecule has 1 aromatic heterocycles. The van der Waals surface area contributed by atoms with Crippen LogP contribution in [0.4, 0.5) is 0 Å². The van der Waals surface area contributed by atoms with Gasteiger partial charge in [0.1, 0.15) is 11.9 Å². The molecule has 3 N–H and O–H groups in total. The molecule has 0 amide bonds. The van der Waals surface area contributed by atoms with Crippen LogP contribution in [-0.4, -0.2) is 44.1 Å². The van der Waals surface area contributed by atoms with Gasteiger partial charge in [0.2, 0.25) is 0 Å². The summed E-state index contributed by atoms with van der Waals surface area (Å²) < 4.78 is 0. The van der Waals surface area contributed by atoms with E-state index in [1.165, 1.54) is 18.1 Å². The molecule has 1 heterocycles. The lowest BCUT2D eigenvalue weighted by Gasteiger charge is -2.25. The molecule has 0 aliphatic rings. The molecular weight excluding hydrogens is 240 g/mol. The first-order valence-corrected chi connectivity index (χ1v) is 6.53. The predicted octanol–water partition coefficient (Wildman–Crippen LogP) is 1.13. The average molecular weight is 258 g/mol. The highest BCUT2D eigenvalue weighted by Crippen LogP contribution is 2.18. The first-order valence-electron chi connectivity index (χ1n) is 5.55. The number of carbonyl (C=O) groups is 1. The quantitative estimate of drug-likeness (QED) is 0.605. The second-order valence-corrected chi connectivity index (χ2v) is 5.04. The molecule has 0 bridgehead atoms. The van der Waals surface area contributed by atoms with Gasteiger partial charge >= 0.3 is 5.97 Å². The minimum absolute atomic E-state index is 0.535. The summed E-state index contributed by atoms with van der Waals surface area (Å²) in [5, 5.41) is 19.5. The number of hydrogen-bond donors (Lipinski definition) is 3. The zero-order chi connectivity index (χ0) is 12.7. The summed E-state index contributed by atoms with van der Waals surface area (Å²) in [4.78, 5) is 15.2. The lowest BCUT2D eigenvalue weighted by Crippen LogP contribution is -2.50. The lowest BCUT2D eigenvalue weighted by molar-refractivity contribution is -0.144.